The summed E-state index contributed by atoms with van der Waals surface area (Å²) in [5.74, 6) is -0.325. The minimum Gasteiger partial charge on any atom is -0.446 e. The molecule has 0 amide bonds. The Morgan fingerprint density at radius 1 is 1.00 bits per heavy atom. The van der Waals surface area contributed by atoms with Crippen LogP contribution in [0.4, 0.5) is 0 Å². The number of benzene rings is 1. The molecule has 1 heterocycles. The third-order valence-corrected chi connectivity index (χ3v) is 2.69. The average Bonchev–Trinajstić information content (AvgIpc) is 2.77. The van der Waals surface area contributed by atoms with Gasteiger partial charge in [-0.3, -0.25) is 9.59 Å². The van der Waals surface area contributed by atoms with E-state index in [2.05, 4.69) is 15.9 Å². The van der Waals surface area contributed by atoms with E-state index >= 15 is 0 Å². The van der Waals surface area contributed by atoms with E-state index in [0.29, 0.717) is 10.2 Å². The van der Waals surface area contributed by atoms with Gasteiger partial charge in [-0.2, -0.15) is 0 Å². The normalized spacial score (nSPS) is 10.2. The number of carbonyl (C=O) groups is 2. The number of carbonyl (C=O) groups excluding carboxylic acids is 2. The molecule has 0 N–H and O–H groups in total. The van der Waals surface area contributed by atoms with Crippen molar-refractivity contribution in [2.24, 2.45) is 0 Å². The Labute approximate surface area is 107 Å². The van der Waals surface area contributed by atoms with Gasteiger partial charge < -0.3 is 4.42 Å². The van der Waals surface area contributed by atoms with Gasteiger partial charge in [0.2, 0.25) is 5.78 Å². The zero-order valence-corrected chi connectivity index (χ0v) is 10.4. The van der Waals surface area contributed by atoms with Crippen LogP contribution in [-0.2, 0) is 0 Å². The molecule has 0 aliphatic carbocycles. The number of hydrogen-bond donors (Lipinski definition) is 0. The van der Waals surface area contributed by atoms with E-state index in [4.69, 9.17) is 4.42 Å². The van der Waals surface area contributed by atoms with Crippen molar-refractivity contribution in [1.82, 2.24) is 0 Å². The summed E-state index contributed by atoms with van der Waals surface area (Å²) in [6.07, 6.45) is -0.177. The smallest absolute Gasteiger partial charge is 0.205 e. The molecule has 0 fully saturated rings. The Balaban J connectivity index is 2.07. The van der Waals surface area contributed by atoms with Gasteiger partial charge in [0.1, 0.15) is 0 Å². The predicted molar refractivity (Wildman–Crippen MR) is 66.1 cm³/mol. The highest BCUT2D eigenvalue weighted by molar-refractivity contribution is 9.10. The maximum atomic E-state index is 11.8. The van der Waals surface area contributed by atoms with Gasteiger partial charge in [-0.05, 0) is 28.1 Å². The highest BCUT2D eigenvalue weighted by atomic mass is 79.9. The van der Waals surface area contributed by atoms with Gasteiger partial charge in [0.25, 0.3) is 0 Å². The fraction of sp³-hybridized carbons (Fsp3) is 0.0769. The molecule has 0 atom stereocenters. The first-order valence-electron chi connectivity index (χ1n) is 5.03. The zero-order chi connectivity index (χ0) is 12.3. The molecule has 0 bridgehead atoms. The number of ketones is 2. The van der Waals surface area contributed by atoms with Crippen molar-refractivity contribution in [3.8, 4) is 0 Å². The second kappa shape index (κ2) is 5.10. The van der Waals surface area contributed by atoms with Crippen LogP contribution in [0.5, 0.6) is 0 Å². The minimum atomic E-state index is -0.315. The molecule has 17 heavy (non-hydrogen) atoms. The molecule has 4 heteroatoms. The summed E-state index contributed by atoms with van der Waals surface area (Å²) in [5, 5.41) is 0. The summed E-state index contributed by atoms with van der Waals surface area (Å²) in [4.78, 5) is 23.5. The molecular formula is C13H9BrO3. The van der Waals surface area contributed by atoms with E-state index in [1.54, 1.807) is 36.4 Å². The van der Waals surface area contributed by atoms with Crippen LogP contribution in [0.1, 0.15) is 27.3 Å². The summed E-state index contributed by atoms with van der Waals surface area (Å²) in [7, 11) is 0. The van der Waals surface area contributed by atoms with Crippen LogP contribution in [0.2, 0.25) is 0 Å². The molecule has 0 saturated heterocycles. The predicted octanol–water partition coefficient (Wildman–Crippen LogP) is 3.50. The molecule has 0 saturated carbocycles. The topological polar surface area (TPSA) is 47.3 Å². The lowest BCUT2D eigenvalue weighted by molar-refractivity contribution is 0.0877. The average molecular weight is 293 g/mol. The van der Waals surface area contributed by atoms with Crippen LogP contribution >= 0.6 is 15.9 Å². The monoisotopic (exact) mass is 292 g/mol. The third kappa shape index (κ3) is 2.91. The lowest BCUT2D eigenvalue weighted by Crippen LogP contribution is -2.07. The quantitative estimate of drug-likeness (QED) is 0.640. The Morgan fingerprint density at radius 2 is 1.71 bits per heavy atom. The molecule has 0 aliphatic heterocycles. The van der Waals surface area contributed by atoms with Crippen molar-refractivity contribution in [3.63, 3.8) is 0 Å². The molecule has 0 unspecified atom stereocenters. The first kappa shape index (κ1) is 11.8. The summed E-state index contributed by atoms with van der Waals surface area (Å²) < 4.78 is 5.58. The van der Waals surface area contributed by atoms with E-state index in [1.807, 2.05) is 6.07 Å². The molecule has 1 aromatic carbocycles. The van der Waals surface area contributed by atoms with Crippen molar-refractivity contribution in [3.05, 3.63) is 58.5 Å². The first-order valence-corrected chi connectivity index (χ1v) is 5.83. The van der Waals surface area contributed by atoms with Crippen molar-refractivity contribution in [2.45, 2.75) is 6.42 Å². The summed E-state index contributed by atoms with van der Waals surface area (Å²) >= 11 is 3.11. The molecule has 2 rings (SSSR count). The second-order valence-corrected chi connectivity index (χ2v) is 4.27. The van der Waals surface area contributed by atoms with Gasteiger partial charge in [0.05, 0.1) is 6.42 Å². The van der Waals surface area contributed by atoms with Crippen molar-refractivity contribution in [2.75, 3.05) is 0 Å². The fourth-order valence-corrected chi connectivity index (χ4v) is 1.73. The summed E-state index contributed by atoms with van der Waals surface area (Å²) in [5.41, 5.74) is 0.534. The SMILES string of the molecule is O=C(CC(=O)c1ccc(Br)o1)c1ccccc1. The van der Waals surface area contributed by atoms with E-state index < -0.39 is 0 Å². The zero-order valence-electron chi connectivity index (χ0n) is 8.85. The molecule has 0 radical (unpaired) electrons. The molecule has 2 aromatic rings. The van der Waals surface area contributed by atoms with E-state index in [1.165, 1.54) is 0 Å². The fourth-order valence-electron chi connectivity index (χ4n) is 1.42. The van der Waals surface area contributed by atoms with Gasteiger partial charge in [-0.15, -0.1) is 0 Å². The van der Waals surface area contributed by atoms with Crippen LogP contribution in [0.25, 0.3) is 0 Å². The molecule has 86 valence electrons. The van der Waals surface area contributed by atoms with Crippen LogP contribution in [-0.4, -0.2) is 11.6 Å². The Morgan fingerprint density at radius 3 is 2.29 bits per heavy atom. The number of Topliss-reactive ketones (excluding diaryl/α,β-unsaturated/α-hetero) is 2. The number of hydrogen-bond acceptors (Lipinski definition) is 3. The molecular weight excluding hydrogens is 284 g/mol. The number of furan rings is 1. The summed E-state index contributed by atoms with van der Waals surface area (Å²) in [6, 6.07) is 11.9. The lowest BCUT2D eigenvalue weighted by atomic mass is 10.1. The molecule has 1 aromatic heterocycles. The van der Waals surface area contributed by atoms with E-state index in [-0.39, 0.29) is 23.7 Å². The number of rotatable bonds is 4. The molecule has 3 nitrogen and oxygen atoms in total. The van der Waals surface area contributed by atoms with E-state index in [0.717, 1.165) is 0 Å². The van der Waals surface area contributed by atoms with Gasteiger partial charge in [-0.25, -0.2) is 0 Å². The minimum absolute atomic E-state index is 0.177. The largest absolute Gasteiger partial charge is 0.446 e. The van der Waals surface area contributed by atoms with Crippen LogP contribution < -0.4 is 0 Å². The van der Waals surface area contributed by atoms with Gasteiger partial charge in [0, 0.05) is 5.56 Å². The second-order valence-electron chi connectivity index (χ2n) is 3.49. The Bertz CT molecular complexity index is 543. The van der Waals surface area contributed by atoms with Gasteiger partial charge in [0.15, 0.2) is 16.2 Å². The van der Waals surface area contributed by atoms with Crippen molar-refractivity contribution >= 4 is 27.5 Å². The summed E-state index contributed by atoms with van der Waals surface area (Å²) in [6.45, 7) is 0. The first-order chi connectivity index (χ1) is 8.16. The van der Waals surface area contributed by atoms with Crippen LogP contribution in [0.15, 0.2) is 51.6 Å². The Hall–Kier alpha value is -1.68. The van der Waals surface area contributed by atoms with Gasteiger partial charge in [-0.1, -0.05) is 30.3 Å². The Kier molecular flexibility index (Phi) is 3.54. The van der Waals surface area contributed by atoms with Crippen molar-refractivity contribution in [1.29, 1.82) is 0 Å². The third-order valence-electron chi connectivity index (χ3n) is 2.26. The highest BCUT2D eigenvalue weighted by Gasteiger charge is 2.16. The lowest BCUT2D eigenvalue weighted by Gasteiger charge is -1.98. The number of halogens is 1. The maximum Gasteiger partial charge on any atom is 0.205 e. The highest BCUT2D eigenvalue weighted by Crippen LogP contribution is 2.16. The standard InChI is InChI=1S/C13H9BrO3/c14-13-7-6-12(17-13)11(16)8-10(15)9-4-2-1-3-5-9/h1-7H,8H2. The van der Waals surface area contributed by atoms with E-state index in [9.17, 15) is 9.59 Å². The maximum absolute atomic E-state index is 11.8. The van der Waals surface area contributed by atoms with Gasteiger partial charge >= 0.3 is 0 Å². The van der Waals surface area contributed by atoms with Crippen LogP contribution in [0.3, 0.4) is 0 Å². The molecule has 0 aliphatic rings. The molecule has 0 spiro atoms. The van der Waals surface area contributed by atoms with Crippen LogP contribution in [0, 0.1) is 0 Å². The van der Waals surface area contributed by atoms with Crippen molar-refractivity contribution < 1.29 is 14.0 Å².